The van der Waals surface area contributed by atoms with Crippen molar-refractivity contribution in [1.29, 1.82) is 0 Å². The van der Waals surface area contributed by atoms with E-state index >= 15 is 0 Å². The van der Waals surface area contributed by atoms with Crippen LogP contribution in [0.1, 0.15) is 39.3 Å². The zero-order valence-electron chi connectivity index (χ0n) is 18.1. The lowest BCUT2D eigenvalue weighted by atomic mass is 10.1. The summed E-state index contributed by atoms with van der Waals surface area (Å²) >= 11 is 0. The van der Waals surface area contributed by atoms with E-state index in [0.29, 0.717) is 11.5 Å². The molecule has 0 amide bonds. The monoisotopic (exact) mass is 418 g/mol. The van der Waals surface area contributed by atoms with E-state index in [9.17, 15) is 9.59 Å². The molecule has 2 heterocycles. The van der Waals surface area contributed by atoms with Gasteiger partial charge in [-0.25, -0.2) is 9.97 Å². The third kappa shape index (κ3) is 4.35. The van der Waals surface area contributed by atoms with Gasteiger partial charge in [-0.15, -0.1) is 0 Å². The molecule has 1 aliphatic carbocycles. The molecule has 0 saturated carbocycles. The molecule has 3 aromatic rings. The van der Waals surface area contributed by atoms with Gasteiger partial charge in [0.25, 0.3) is 0 Å². The van der Waals surface area contributed by atoms with Gasteiger partial charge in [0.1, 0.15) is 6.54 Å². The zero-order valence-corrected chi connectivity index (χ0v) is 18.1. The van der Waals surface area contributed by atoms with Gasteiger partial charge in [-0.3, -0.25) is 9.59 Å². The van der Waals surface area contributed by atoms with E-state index in [-0.39, 0.29) is 18.9 Å². The summed E-state index contributed by atoms with van der Waals surface area (Å²) in [5.41, 5.74) is 6.28. The molecule has 0 saturated heterocycles. The number of aryl methyl sites for hydroxylation is 3. The van der Waals surface area contributed by atoms with Crippen LogP contribution in [-0.4, -0.2) is 46.5 Å². The predicted molar refractivity (Wildman–Crippen MR) is 118 cm³/mol. The Morgan fingerprint density at radius 3 is 2.61 bits per heavy atom. The van der Waals surface area contributed by atoms with Crippen LogP contribution in [0, 0.1) is 13.8 Å². The van der Waals surface area contributed by atoms with Crippen LogP contribution in [-0.2, 0) is 22.4 Å². The number of benzene rings is 1. The van der Waals surface area contributed by atoms with Crippen molar-refractivity contribution in [3.63, 3.8) is 0 Å². The highest BCUT2D eigenvalue weighted by Crippen LogP contribution is 2.27. The van der Waals surface area contributed by atoms with E-state index in [1.54, 1.807) is 30.4 Å². The molecule has 0 fully saturated rings. The lowest BCUT2D eigenvalue weighted by molar-refractivity contribution is -0.140. The van der Waals surface area contributed by atoms with Crippen molar-refractivity contribution in [2.24, 2.45) is 0 Å². The molecule has 0 unspecified atom stereocenters. The van der Waals surface area contributed by atoms with Gasteiger partial charge in [-0.2, -0.15) is 0 Å². The Morgan fingerprint density at radius 1 is 1.10 bits per heavy atom. The van der Waals surface area contributed by atoms with Crippen molar-refractivity contribution >= 4 is 17.7 Å². The molecule has 7 heteroatoms. The predicted octanol–water partition coefficient (Wildman–Crippen LogP) is 3.24. The standard InChI is InChI=1S/C24H26N4O3/c1-16-12-21(17(2)28(16)20-9-8-18-6-4-7-19(18)13-20)22(29)15-31-23(30)14-27(3)24-25-10-5-11-26-24/h5,8-13H,4,6-7,14-15H2,1-3H3. The smallest absolute Gasteiger partial charge is 0.326 e. The summed E-state index contributed by atoms with van der Waals surface area (Å²) in [5, 5.41) is 0. The molecular weight excluding hydrogens is 392 g/mol. The number of carbonyl (C=O) groups is 2. The average Bonchev–Trinajstić information content (AvgIpc) is 3.35. The van der Waals surface area contributed by atoms with Crippen LogP contribution in [0.3, 0.4) is 0 Å². The molecule has 7 nitrogen and oxygen atoms in total. The van der Waals surface area contributed by atoms with Crippen LogP contribution in [0.25, 0.3) is 5.69 Å². The van der Waals surface area contributed by atoms with E-state index in [4.69, 9.17) is 4.74 Å². The Bertz CT molecular complexity index is 1120. The molecule has 31 heavy (non-hydrogen) atoms. The normalized spacial score (nSPS) is 12.5. The van der Waals surface area contributed by atoms with Gasteiger partial charge < -0.3 is 14.2 Å². The molecule has 0 aliphatic heterocycles. The Labute approximate surface area is 181 Å². The first-order valence-corrected chi connectivity index (χ1v) is 10.4. The minimum absolute atomic E-state index is 0.0363. The van der Waals surface area contributed by atoms with E-state index in [0.717, 1.165) is 29.9 Å². The molecule has 4 rings (SSSR count). The number of anilines is 1. The fraction of sp³-hybridized carbons (Fsp3) is 0.333. The van der Waals surface area contributed by atoms with Crippen LogP contribution in [0.15, 0.2) is 42.7 Å². The number of likely N-dealkylation sites (N-methyl/N-ethyl adjacent to an activating group) is 1. The number of esters is 1. The Hall–Kier alpha value is -3.48. The van der Waals surface area contributed by atoms with Gasteiger partial charge in [-0.1, -0.05) is 6.07 Å². The van der Waals surface area contributed by atoms with Crippen LogP contribution in [0.4, 0.5) is 5.95 Å². The minimum Gasteiger partial charge on any atom is -0.456 e. The first-order chi connectivity index (χ1) is 14.9. The van der Waals surface area contributed by atoms with Crippen LogP contribution >= 0.6 is 0 Å². The van der Waals surface area contributed by atoms with Crippen molar-refractivity contribution in [3.05, 3.63) is 70.8 Å². The number of hydrogen-bond donors (Lipinski definition) is 0. The quantitative estimate of drug-likeness (QED) is 0.433. The van der Waals surface area contributed by atoms with Crippen LogP contribution < -0.4 is 4.90 Å². The minimum atomic E-state index is -0.504. The Balaban J connectivity index is 1.42. The second-order valence-corrected chi connectivity index (χ2v) is 7.92. The summed E-state index contributed by atoms with van der Waals surface area (Å²) in [5.74, 6) is -0.299. The molecule has 0 atom stereocenters. The number of carbonyl (C=O) groups excluding carboxylic acids is 2. The lowest BCUT2D eigenvalue weighted by Gasteiger charge is -2.15. The molecule has 0 spiro atoms. The van der Waals surface area contributed by atoms with Crippen molar-refractivity contribution in [1.82, 2.24) is 14.5 Å². The molecular formula is C24H26N4O3. The highest BCUT2D eigenvalue weighted by Gasteiger charge is 2.20. The molecule has 1 aromatic carbocycles. The second-order valence-electron chi connectivity index (χ2n) is 7.92. The fourth-order valence-corrected chi connectivity index (χ4v) is 4.16. The number of ether oxygens (including phenoxy) is 1. The van der Waals surface area contributed by atoms with Gasteiger partial charge in [0.15, 0.2) is 6.61 Å². The SMILES string of the molecule is Cc1cc(C(=O)COC(=O)CN(C)c2ncccn2)c(C)n1-c1ccc2c(c1)CCC2. The summed E-state index contributed by atoms with van der Waals surface area (Å²) < 4.78 is 7.32. The maximum atomic E-state index is 12.8. The van der Waals surface area contributed by atoms with Crippen LogP contribution in [0.2, 0.25) is 0 Å². The highest BCUT2D eigenvalue weighted by molar-refractivity contribution is 5.99. The third-order valence-electron chi connectivity index (χ3n) is 5.70. The third-order valence-corrected chi connectivity index (χ3v) is 5.70. The summed E-state index contributed by atoms with van der Waals surface area (Å²) in [7, 11) is 1.70. The first kappa shape index (κ1) is 20.8. The second kappa shape index (κ2) is 8.71. The molecule has 2 aromatic heterocycles. The number of ketones is 1. The van der Waals surface area contributed by atoms with E-state index < -0.39 is 5.97 Å². The Morgan fingerprint density at radius 2 is 1.84 bits per heavy atom. The topological polar surface area (TPSA) is 77.3 Å². The zero-order chi connectivity index (χ0) is 22.0. The van der Waals surface area contributed by atoms with E-state index in [1.165, 1.54) is 17.5 Å². The summed E-state index contributed by atoms with van der Waals surface area (Å²) in [6.07, 6.45) is 6.64. The average molecular weight is 418 g/mol. The van der Waals surface area contributed by atoms with Gasteiger partial charge in [-0.05, 0) is 68.5 Å². The molecule has 0 radical (unpaired) electrons. The van der Waals surface area contributed by atoms with Crippen molar-refractivity contribution in [3.8, 4) is 5.69 Å². The highest BCUT2D eigenvalue weighted by atomic mass is 16.5. The number of aromatic nitrogens is 3. The first-order valence-electron chi connectivity index (χ1n) is 10.4. The van der Waals surface area contributed by atoms with Crippen molar-refractivity contribution in [2.45, 2.75) is 33.1 Å². The van der Waals surface area contributed by atoms with E-state index in [1.807, 2.05) is 19.9 Å². The number of nitrogens with zero attached hydrogens (tertiary/aromatic N) is 4. The van der Waals surface area contributed by atoms with Crippen molar-refractivity contribution < 1.29 is 14.3 Å². The maximum Gasteiger partial charge on any atom is 0.326 e. The number of hydrogen-bond acceptors (Lipinski definition) is 6. The summed E-state index contributed by atoms with van der Waals surface area (Å²) in [6, 6.07) is 10.1. The number of rotatable bonds is 7. The molecule has 160 valence electrons. The van der Waals surface area contributed by atoms with E-state index in [2.05, 4.69) is 32.7 Å². The molecule has 1 aliphatic rings. The van der Waals surface area contributed by atoms with Gasteiger partial charge >= 0.3 is 5.97 Å². The van der Waals surface area contributed by atoms with Gasteiger partial charge in [0.2, 0.25) is 11.7 Å². The Kier molecular flexibility index (Phi) is 5.84. The molecule has 0 bridgehead atoms. The summed E-state index contributed by atoms with van der Waals surface area (Å²) in [6.45, 7) is 3.58. The van der Waals surface area contributed by atoms with Gasteiger partial charge in [0.05, 0.1) is 0 Å². The van der Waals surface area contributed by atoms with Gasteiger partial charge in [0, 0.05) is 42.1 Å². The number of fused-ring (bicyclic) bond motifs is 1. The summed E-state index contributed by atoms with van der Waals surface area (Å²) in [4.78, 5) is 34.7. The molecule has 0 N–H and O–H groups in total. The van der Waals surface area contributed by atoms with Crippen molar-refractivity contribution in [2.75, 3.05) is 25.1 Å². The number of Topliss-reactive ketones (excluding diaryl/α,β-unsaturated/α-hetero) is 1. The fourth-order valence-electron chi connectivity index (χ4n) is 4.16. The largest absolute Gasteiger partial charge is 0.456 e. The van der Waals surface area contributed by atoms with Crippen LogP contribution in [0.5, 0.6) is 0 Å². The lowest BCUT2D eigenvalue weighted by Crippen LogP contribution is -2.29. The maximum absolute atomic E-state index is 12.8.